The lowest BCUT2D eigenvalue weighted by Crippen LogP contribution is -2.26. The molecule has 0 saturated heterocycles. The SMILES string of the molecule is Cc1cc(Br)cc(NC(=O)c2cccc(N(N)/C=C(\N)c3cncn3C)c2)c1. The number of carbonyl (C=O) groups is 1. The second-order valence-electron chi connectivity index (χ2n) is 6.40. The topological polar surface area (TPSA) is 102 Å². The maximum atomic E-state index is 12.6. The number of imidazole rings is 1. The predicted molar refractivity (Wildman–Crippen MR) is 115 cm³/mol. The van der Waals surface area contributed by atoms with Crippen molar-refractivity contribution in [2.24, 2.45) is 18.6 Å². The van der Waals surface area contributed by atoms with Crippen molar-refractivity contribution >= 4 is 38.9 Å². The number of carbonyl (C=O) groups excluding carboxylic acids is 1. The van der Waals surface area contributed by atoms with Gasteiger partial charge in [0.1, 0.15) is 0 Å². The maximum absolute atomic E-state index is 12.6. The molecule has 0 spiro atoms. The van der Waals surface area contributed by atoms with Crippen molar-refractivity contribution in [3.63, 3.8) is 0 Å². The van der Waals surface area contributed by atoms with E-state index >= 15 is 0 Å². The molecule has 3 aromatic rings. The molecule has 5 N–H and O–H groups in total. The molecule has 0 aliphatic heterocycles. The first kappa shape index (κ1) is 19.7. The van der Waals surface area contributed by atoms with Crippen molar-refractivity contribution in [1.29, 1.82) is 0 Å². The smallest absolute Gasteiger partial charge is 0.255 e. The molecule has 0 radical (unpaired) electrons. The molecular formula is C20H21BrN6O. The quantitative estimate of drug-likeness (QED) is 0.416. The first-order valence-electron chi connectivity index (χ1n) is 8.50. The summed E-state index contributed by atoms with van der Waals surface area (Å²) in [6, 6.07) is 12.7. The van der Waals surface area contributed by atoms with Crippen LogP contribution in [-0.4, -0.2) is 15.5 Å². The third-order valence-electron chi connectivity index (χ3n) is 4.10. The number of nitrogens with two attached hydrogens (primary N) is 2. The van der Waals surface area contributed by atoms with Gasteiger partial charge in [-0.2, -0.15) is 0 Å². The van der Waals surface area contributed by atoms with Crippen LogP contribution in [0.4, 0.5) is 11.4 Å². The van der Waals surface area contributed by atoms with Gasteiger partial charge in [-0.1, -0.05) is 22.0 Å². The maximum Gasteiger partial charge on any atom is 0.255 e. The van der Waals surface area contributed by atoms with Gasteiger partial charge >= 0.3 is 0 Å². The summed E-state index contributed by atoms with van der Waals surface area (Å²) in [5.74, 6) is 5.90. The van der Waals surface area contributed by atoms with Crippen LogP contribution in [0.1, 0.15) is 21.6 Å². The number of hydrogen-bond acceptors (Lipinski definition) is 5. The fourth-order valence-corrected chi connectivity index (χ4v) is 3.35. The van der Waals surface area contributed by atoms with Crippen molar-refractivity contribution < 1.29 is 4.79 Å². The van der Waals surface area contributed by atoms with Gasteiger partial charge in [-0.25, -0.2) is 10.8 Å². The summed E-state index contributed by atoms with van der Waals surface area (Å²) in [4.78, 5) is 16.7. The van der Waals surface area contributed by atoms with Crippen LogP contribution in [0.3, 0.4) is 0 Å². The Labute approximate surface area is 171 Å². The van der Waals surface area contributed by atoms with Gasteiger partial charge in [0.2, 0.25) is 0 Å². The standard InChI is InChI=1S/C20H21BrN6O/c1-13-6-15(21)9-16(7-13)25-20(28)14-4-3-5-17(8-14)27(23)11-18(22)19-10-24-12-26(19)2/h3-12H,22-23H2,1-2H3,(H,25,28)/b18-11-. The van der Waals surface area contributed by atoms with E-state index in [2.05, 4.69) is 26.2 Å². The number of anilines is 2. The third-order valence-corrected chi connectivity index (χ3v) is 4.55. The second kappa shape index (κ2) is 8.28. The Kier molecular flexibility index (Phi) is 5.81. The summed E-state index contributed by atoms with van der Waals surface area (Å²) in [5.41, 5.74) is 10.2. The number of halogens is 1. The zero-order valence-corrected chi connectivity index (χ0v) is 17.1. The molecule has 0 unspecified atom stereocenters. The van der Waals surface area contributed by atoms with Crippen LogP contribution in [0.5, 0.6) is 0 Å². The van der Waals surface area contributed by atoms with Gasteiger partial charge in [-0.15, -0.1) is 0 Å². The summed E-state index contributed by atoms with van der Waals surface area (Å²) in [5, 5.41) is 4.27. The number of nitrogens with zero attached hydrogens (tertiary/aromatic N) is 3. The van der Waals surface area contributed by atoms with E-state index < -0.39 is 0 Å². The highest BCUT2D eigenvalue weighted by Gasteiger charge is 2.10. The Bertz CT molecular complexity index is 1020. The molecule has 144 valence electrons. The summed E-state index contributed by atoms with van der Waals surface area (Å²) >= 11 is 3.44. The van der Waals surface area contributed by atoms with Gasteiger partial charge < -0.3 is 15.6 Å². The Morgan fingerprint density at radius 3 is 2.75 bits per heavy atom. The summed E-state index contributed by atoms with van der Waals surface area (Å²) in [7, 11) is 1.85. The molecule has 1 aromatic heterocycles. The van der Waals surface area contributed by atoms with Gasteiger partial charge in [0.15, 0.2) is 0 Å². The minimum atomic E-state index is -0.226. The average Bonchev–Trinajstić information content (AvgIpc) is 3.07. The largest absolute Gasteiger partial charge is 0.396 e. The van der Waals surface area contributed by atoms with Gasteiger partial charge in [0.25, 0.3) is 5.91 Å². The molecule has 0 bridgehead atoms. The van der Waals surface area contributed by atoms with Gasteiger partial charge in [0.05, 0.1) is 29.6 Å². The molecule has 8 heteroatoms. The second-order valence-corrected chi connectivity index (χ2v) is 7.32. The molecular weight excluding hydrogens is 420 g/mol. The third kappa shape index (κ3) is 4.59. The van der Waals surface area contributed by atoms with E-state index in [1.54, 1.807) is 47.6 Å². The Balaban J connectivity index is 1.79. The van der Waals surface area contributed by atoms with Crippen molar-refractivity contribution in [2.75, 3.05) is 10.3 Å². The molecule has 1 amide bonds. The van der Waals surface area contributed by atoms with Crippen molar-refractivity contribution in [3.8, 4) is 0 Å². The highest BCUT2D eigenvalue weighted by atomic mass is 79.9. The number of hydrazine groups is 1. The first-order chi connectivity index (χ1) is 13.3. The van der Waals surface area contributed by atoms with Gasteiger partial charge in [-0.3, -0.25) is 9.80 Å². The Hall–Kier alpha value is -3.10. The molecule has 0 fully saturated rings. The number of benzene rings is 2. The molecule has 0 aliphatic carbocycles. The van der Waals surface area contributed by atoms with E-state index in [4.69, 9.17) is 11.6 Å². The van der Waals surface area contributed by atoms with Crippen LogP contribution >= 0.6 is 15.9 Å². The number of aryl methyl sites for hydroxylation is 2. The van der Waals surface area contributed by atoms with Gasteiger partial charge in [-0.05, 0) is 48.9 Å². The lowest BCUT2D eigenvalue weighted by molar-refractivity contribution is 0.102. The molecule has 28 heavy (non-hydrogen) atoms. The molecule has 2 aromatic carbocycles. The van der Waals surface area contributed by atoms with E-state index in [0.717, 1.165) is 15.7 Å². The van der Waals surface area contributed by atoms with Crippen molar-refractivity contribution in [2.45, 2.75) is 6.92 Å². The first-order valence-corrected chi connectivity index (χ1v) is 9.29. The zero-order chi connectivity index (χ0) is 20.3. The van der Waals surface area contributed by atoms with E-state index in [9.17, 15) is 4.79 Å². The number of nitrogens with one attached hydrogen (secondary N) is 1. The normalized spacial score (nSPS) is 11.4. The highest BCUT2D eigenvalue weighted by molar-refractivity contribution is 9.10. The molecule has 0 aliphatic rings. The van der Waals surface area contributed by atoms with Gasteiger partial charge in [0, 0.05) is 29.0 Å². The van der Waals surface area contributed by atoms with E-state index in [0.29, 0.717) is 22.6 Å². The van der Waals surface area contributed by atoms with Crippen LogP contribution in [-0.2, 0) is 7.05 Å². The summed E-state index contributed by atoms with van der Waals surface area (Å²) < 4.78 is 2.70. The summed E-state index contributed by atoms with van der Waals surface area (Å²) in [6.07, 6.45) is 4.90. The lowest BCUT2D eigenvalue weighted by atomic mass is 10.1. The average molecular weight is 441 g/mol. The molecule has 1 heterocycles. The molecule has 0 saturated carbocycles. The Morgan fingerprint density at radius 1 is 1.29 bits per heavy atom. The van der Waals surface area contributed by atoms with E-state index in [1.165, 1.54) is 5.01 Å². The minimum absolute atomic E-state index is 0.226. The molecule has 3 rings (SSSR count). The number of hydrogen-bond donors (Lipinski definition) is 3. The van der Waals surface area contributed by atoms with Crippen LogP contribution in [0, 0.1) is 6.92 Å². The number of rotatable bonds is 5. The van der Waals surface area contributed by atoms with Crippen molar-refractivity contribution in [3.05, 3.63) is 82.5 Å². The molecule has 7 nitrogen and oxygen atoms in total. The Morgan fingerprint density at radius 2 is 2.07 bits per heavy atom. The van der Waals surface area contributed by atoms with Crippen molar-refractivity contribution in [1.82, 2.24) is 9.55 Å². The van der Waals surface area contributed by atoms with Crippen LogP contribution in [0.2, 0.25) is 0 Å². The predicted octanol–water partition coefficient (Wildman–Crippen LogP) is 3.38. The zero-order valence-electron chi connectivity index (χ0n) is 15.6. The van der Waals surface area contributed by atoms with Crippen LogP contribution < -0.4 is 21.9 Å². The number of amides is 1. The highest BCUT2D eigenvalue weighted by Crippen LogP contribution is 2.21. The van der Waals surface area contributed by atoms with Crippen LogP contribution in [0.25, 0.3) is 5.70 Å². The van der Waals surface area contributed by atoms with E-state index in [-0.39, 0.29) is 5.91 Å². The fraction of sp³-hybridized carbons (Fsp3) is 0.100. The van der Waals surface area contributed by atoms with Crippen LogP contribution in [0.15, 0.2) is 65.7 Å². The summed E-state index contributed by atoms with van der Waals surface area (Å²) in [6.45, 7) is 1.96. The monoisotopic (exact) mass is 440 g/mol. The lowest BCUT2D eigenvalue weighted by Gasteiger charge is -2.16. The number of aromatic nitrogens is 2. The molecule has 0 atom stereocenters. The minimum Gasteiger partial charge on any atom is -0.396 e. The van der Waals surface area contributed by atoms with E-state index in [1.807, 2.05) is 32.2 Å². The fourth-order valence-electron chi connectivity index (χ4n) is 2.75.